The lowest BCUT2D eigenvalue weighted by Gasteiger charge is -2.07. The van der Waals surface area contributed by atoms with Crippen LogP contribution >= 0.6 is 11.8 Å². The van der Waals surface area contributed by atoms with Crippen LogP contribution in [0.3, 0.4) is 0 Å². The minimum atomic E-state index is -0.314. The maximum atomic E-state index is 12.4. The van der Waals surface area contributed by atoms with Gasteiger partial charge in [-0.25, -0.2) is 4.98 Å². The summed E-state index contributed by atoms with van der Waals surface area (Å²) >= 11 is 1.18. The molecule has 2 amide bonds. The van der Waals surface area contributed by atoms with Crippen LogP contribution in [-0.2, 0) is 9.59 Å². The fourth-order valence-electron chi connectivity index (χ4n) is 2.56. The molecule has 7 heteroatoms. The molecule has 0 aliphatic carbocycles. The van der Waals surface area contributed by atoms with Gasteiger partial charge in [0.05, 0.1) is 0 Å². The molecule has 3 rings (SSSR count). The molecule has 2 N–H and O–H groups in total. The van der Waals surface area contributed by atoms with Gasteiger partial charge in [-0.15, -0.1) is 0 Å². The van der Waals surface area contributed by atoms with Crippen LogP contribution in [0.2, 0.25) is 0 Å². The quantitative estimate of drug-likeness (QED) is 0.476. The fourth-order valence-corrected chi connectivity index (χ4v) is 3.17. The molecule has 0 saturated heterocycles. The van der Waals surface area contributed by atoms with Crippen molar-refractivity contribution in [3.05, 3.63) is 83.4 Å². The molecule has 6 nitrogen and oxygen atoms in total. The van der Waals surface area contributed by atoms with Gasteiger partial charge in [0.1, 0.15) is 11.6 Å². The summed E-state index contributed by atoms with van der Waals surface area (Å²) in [5.74, 6) is 6.27. The normalized spacial score (nSPS) is 9.87. The van der Waals surface area contributed by atoms with Crippen molar-refractivity contribution in [1.29, 1.82) is 0 Å². The van der Waals surface area contributed by atoms with Crippen molar-refractivity contribution in [2.45, 2.75) is 18.7 Å². The number of anilines is 2. The Morgan fingerprint density at radius 3 is 1.87 bits per heavy atom. The third kappa shape index (κ3) is 6.84. The monoisotopic (exact) mass is 429 g/mol. The minimum absolute atomic E-state index is 0.0409. The zero-order valence-electron chi connectivity index (χ0n) is 16.9. The van der Waals surface area contributed by atoms with Crippen LogP contribution < -0.4 is 10.6 Å². The molecule has 1 aromatic heterocycles. The minimum Gasteiger partial charge on any atom is -0.311 e. The van der Waals surface area contributed by atoms with Crippen LogP contribution in [-0.4, -0.2) is 21.9 Å². The van der Waals surface area contributed by atoms with Gasteiger partial charge in [0.25, 0.3) is 5.91 Å². The number of hydrogen-bond acceptors (Lipinski definition) is 5. The molecule has 0 unspecified atom stereocenters. The highest BCUT2D eigenvalue weighted by Crippen LogP contribution is 2.18. The van der Waals surface area contributed by atoms with Crippen LogP contribution in [0.4, 0.5) is 11.6 Å². The number of aromatic nitrogens is 1. The fraction of sp³-hybridized carbons (Fsp3) is 0.0833. The molecule has 0 bridgehead atoms. The van der Waals surface area contributed by atoms with Crippen molar-refractivity contribution in [2.24, 2.45) is 0 Å². The van der Waals surface area contributed by atoms with Gasteiger partial charge in [0, 0.05) is 35.4 Å². The molecule has 3 aromatic rings. The van der Waals surface area contributed by atoms with E-state index >= 15 is 0 Å². The lowest BCUT2D eigenvalue weighted by Crippen LogP contribution is -2.14. The number of nitrogens with zero attached hydrogens (tertiary/aromatic N) is 1. The second-order valence-corrected chi connectivity index (χ2v) is 7.74. The van der Waals surface area contributed by atoms with E-state index in [4.69, 9.17) is 0 Å². The van der Waals surface area contributed by atoms with Crippen LogP contribution in [0.1, 0.15) is 35.3 Å². The molecule has 0 atom stereocenters. The van der Waals surface area contributed by atoms with Gasteiger partial charge in [0.2, 0.25) is 5.91 Å². The molecule has 31 heavy (non-hydrogen) atoms. The third-order valence-electron chi connectivity index (χ3n) is 3.91. The maximum Gasteiger partial charge on any atom is 0.256 e. The predicted octanol–water partition coefficient (Wildman–Crippen LogP) is 4.33. The van der Waals surface area contributed by atoms with Gasteiger partial charge in [-0.2, -0.15) is 0 Å². The highest BCUT2D eigenvalue weighted by molar-refractivity contribution is 8.13. The van der Waals surface area contributed by atoms with E-state index in [1.807, 2.05) is 24.3 Å². The summed E-state index contributed by atoms with van der Waals surface area (Å²) in [6.45, 7) is 2.92. The van der Waals surface area contributed by atoms with Gasteiger partial charge in [-0.3, -0.25) is 14.4 Å². The zero-order valence-corrected chi connectivity index (χ0v) is 17.7. The van der Waals surface area contributed by atoms with Gasteiger partial charge < -0.3 is 10.6 Å². The van der Waals surface area contributed by atoms with Crippen LogP contribution in [0.5, 0.6) is 0 Å². The first-order chi connectivity index (χ1) is 14.9. The number of nitrogens with one attached hydrogen (secondary N) is 2. The third-order valence-corrected chi connectivity index (χ3v) is 4.70. The molecule has 0 radical (unpaired) electrons. The van der Waals surface area contributed by atoms with E-state index in [0.29, 0.717) is 17.2 Å². The number of pyridine rings is 1. The van der Waals surface area contributed by atoms with E-state index in [-0.39, 0.29) is 16.9 Å². The van der Waals surface area contributed by atoms with E-state index in [1.165, 1.54) is 25.6 Å². The Morgan fingerprint density at radius 2 is 1.32 bits per heavy atom. The van der Waals surface area contributed by atoms with E-state index < -0.39 is 0 Å². The zero-order chi connectivity index (χ0) is 22.2. The summed E-state index contributed by atoms with van der Waals surface area (Å²) in [5, 5.41) is 5.32. The van der Waals surface area contributed by atoms with E-state index in [0.717, 1.165) is 16.0 Å². The summed E-state index contributed by atoms with van der Waals surface area (Å²) < 4.78 is 0. The lowest BCUT2D eigenvalue weighted by atomic mass is 10.1. The standard InChI is InChI=1S/C24H19N3O3S/c1-16(28)25-22-4-3-5-23(26-22)27-24(30)20-12-8-18(9-13-20)6-7-19-10-14-21(15-11-19)31-17(2)29/h3-5,8-15H,1-2H3,(H2,25,26,27,28,30). The summed E-state index contributed by atoms with van der Waals surface area (Å²) in [5.41, 5.74) is 2.06. The second kappa shape index (κ2) is 10.2. The molecule has 0 aliphatic heterocycles. The topological polar surface area (TPSA) is 88.2 Å². The van der Waals surface area contributed by atoms with Gasteiger partial charge >= 0.3 is 0 Å². The Hall–Kier alpha value is -3.89. The molecule has 0 fully saturated rings. The Morgan fingerprint density at radius 1 is 0.774 bits per heavy atom. The van der Waals surface area contributed by atoms with Crippen molar-refractivity contribution in [3.63, 3.8) is 0 Å². The number of thioether (sulfide) groups is 1. The first kappa shape index (κ1) is 21.8. The lowest BCUT2D eigenvalue weighted by molar-refractivity contribution is -0.114. The van der Waals surface area contributed by atoms with Crippen molar-refractivity contribution >= 4 is 40.3 Å². The molecule has 0 saturated carbocycles. The van der Waals surface area contributed by atoms with Gasteiger partial charge in [0.15, 0.2) is 5.12 Å². The van der Waals surface area contributed by atoms with E-state index in [9.17, 15) is 14.4 Å². The maximum absolute atomic E-state index is 12.4. The molecule has 0 spiro atoms. The van der Waals surface area contributed by atoms with Crippen LogP contribution in [0.25, 0.3) is 0 Å². The highest BCUT2D eigenvalue weighted by Gasteiger charge is 2.07. The van der Waals surface area contributed by atoms with Crippen molar-refractivity contribution in [1.82, 2.24) is 4.98 Å². The molecule has 1 heterocycles. The number of carbonyl (C=O) groups is 3. The van der Waals surface area contributed by atoms with E-state index in [1.54, 1.807) is 42.5 Å². The Labute approximate surface area is 184 Å². The smallest absolute Gasteiger partial charge is 0.256 e. The average Bonchev–Trinajstić information content (AvgIpc) is 2.73. The predicted molar refractivity (Wildman–Crippen MR) is 122 cm³/mol. The summed E-state index contributed by atoms with van der Waals surface area (Å²) in [4.78, 5) is 39.8. The molecular formula is C24H19N3O3S. The van der Waals surface area contributed by atoms with Gasteiger partial charge in [-0.05, 0) is 60.7 Å². The van der Waals surface area contributed by atoms with Crippen molar-refractivity contribution < 1.29 is 14.4 Å². The molecule has 154 valence electrons. The van der Waals surface area contributed by atoms with Crippen molar-refractivity contribution in [3.8, 4) is 11.8 Å². The average molecular weight is 430 g/mol. The number of carbonyl (C=O) groups excluding carboxylic acids is 3. The Bertz CT molecular complexity index is 1180. The number of amides is 2. The number of rotatable bonds is 4. The number of benzene rings is 2. The summed E-state index contributed by atoms with van der Waals surface area (Å²) in [7, 11) is 0. The molecule has 2 aromatic carbocycles. The Kier molecular flexibility index (Phi) is 7.20. The first-order valence-electron chi connectivity index (χ1n) is 9.35. The summed E-state index contributed by atoms with van der Waals surface area (Å²) in [6.07, 6.45) is 0. The van der Waals surface area contributed by atoms with Crippen LogP contribution in [0.15, 0.2) is 71.6 Å². The number of hydrogen-bond donors (Lipinski definition) is 2. The van der Waals surface area contributed by atoms with E-state index in [2.05, 4.69) is 27.5 Å². The Balaban J connectivity index is 1.64. The summed E-state index contributed by atoms with van der Waals surface area (Å²) in [6, 6.07) is 19.3. The first-order valence-corrected chi connectivity index (χ1v) is 10.2. The SMILES string of the molecule is CC(=O)Nc1cccc(NC(=O)c2ccc(C#Cc3ccc(SC(C)=O)cc3)cc2)n1. The van der Waals surface area contributed by atoms with Crippen molar-refractivity contribution in [2.75, 3.05) is 10.6 Å². The van der Waals surface area contributed by atoms with Crippen LogP contribution in [0, 0.1) is 11.8 Å². The largest absolute Gasteiger partial charge is 0.311 e. The highest BCUT2D eigenvalue weighted by atomic mass is 32.2. The molecule has 0 aliphatic rings. The second-order valence-electron chi connectivity index (χ2n) is 6.49. The van der Waals surface area contributed by atoms with Gasteiger partial charge in [-0.1, -0.05) is 29.7 Å². The molecular weight excluding hydrogens is 410 g/mol.